The minimum Gasteiger partial charge on any atom is -0.495 e. The number of imide groups is 1. The molecule has 0 aliphatic carbocycles. The number of carbonyl (C=O) groups is 2. The van der Waals surface area contributed by atoms with Crippen molar-refractivity contribution in [1.82, 2.24) is 0 Å². The maximum Gasteiger partial charge on any atom is 0.234 e. The van der Waals surface area contributed by atoms with Gasteiger partial charge in [0.15, 0.2) is 0 Å². The largest absolute Gasteiger partial charge is 0.495 e. The number of piperidine rings is 1. The molecule has 2 rings (SSSR count). The molecule has 1 aromatic carbocycles. The van der Waals surface area contributed by atoms with Gasteiger partial charge in [-0.1, -0.05) is 13.8 Å². The lowest BCUT2D eigenvalue weighted by Crippen LogP contribution is -2.46. The van der Waals surface area contributed by atoms with Crippen LogP contribution >= 0.6 is 0 Å². The number of ether oxygens (including phenoxy) is 1. The first-order valence-electron chi connectivity index (χ1n) is 6.13. The van der Waals surface area contributed by atoms with E-state index in [2.05, 4.69) is 0 Å². The Labute approximate surface area is 112 Å². The molecule has 1 fully saturated rings. The van der Waals surface area contributed by atoms with Gasteiger partial charge in [0.05, 0.1) is 12.8 Å². The van der Waals surface area contributed by atoms with E-state index >= 15 is 0 Å². The molecule has 5 heteroatoms. The molecule has 1 heterocycles. The number of rotatable bonds is 2. The van der Waals surface area contributed by atoms with Gasteiger partial charge in [-0.3, -0.25) is 9.59 Å². The highest BCUT2D eigenvalue weighted by Crippen LogP contribution is 2.38. The first kappa shape index (κ1) is 13.4. The van der Waals surface area contributed by atoms with E-state index in [-0.39, 0.29) is 17.2 Å². The zero-order valence-electron chi connectivity index (χ0n) is 11.4. The van der Waals surface area contributed by atoms with Gasteiger partial charge in [0.25, 0.3) is 0 Å². The molecule has 0 atom stereocenters. The van der Waals surface area contributed by atoms with Crippen molar-refractivity contribution in [2.75, 3.05) is 17.7 Å². The van der Waals surface area contributed by atoms with E-state index in [0.29, 0.717) is 30.0 Å². The second-order valence-electron chi connectivity index (χ2n) is 5.57. The Balaban J connectivity index is 2.44. The van der Waals surface area contributed by atoms with Gasteiger partial charge in [-0.05, 0) is 23.6 Å². The fraction of sp³-hybridized carbons (Fsp3) is 0.429. The highest BCUT2D eigenvalue weighted by atomic mass is 16.5. The predicted molar refractivity (Wildman–Crippen MR) is 72.9 cm³/mol. The molecular formula is C14H18N2O3. The fourth-order valence-corrected chi connectivity index (χ4v) is 2.33. The number of methoxy groups -OCH3 is 1. The van der Waals surface area contributed by atoms with Gasteiger partial charge < -0.3 is 10.5 Å². The van der Waals surface area contributed by atoms with Crippen molar-refractivity contribution in [3.63, 3.8) is 0 Å². The highest BCUT2D eigenvalue weighted by Gasteiger charge is 2.39. The smallest absolute Gasteiger partial charge is 0.234 e. The molecule has 0 saturated carbocycles. The predicted octanol–water partition coefficient (Wildman–Crippen LogP) is 1.96. The van der Waals surface area contributed by atoms with Crippen LogP contribution in [0.25, 0.3) is 0 Å². The van der Waals surface area contributed by atoms with Crippen molar-refractivity contribution in [1.29, 1.82) is 0 Å². The Morgan fingerprint density at radius 3 is 2.32 bits per heavy atom. The van der Waals surface area contributed by atoms with Crippen LogP contribution in [0.2, 0.25) is 0 Å². The van der Waals surface area contributed by atoms with Gasteiger partial charge >= 0.3 is 0 Å². The monoisotopic (exact) mass is 262 g/mol. The second kappa shape index (κ2) is 4.57. The third kappa shape index (κ3) is 2.54. The van der Waals surface area contributed by atoms with E-state index in [1.807, 2.05) is 13.8 Å². The third-order valence-corrected chi connectivity index (χ3v) is 3.20. The Morgan fingerprint density at radius 1 is 1.21 bits per heavy atom. The van der Waals surface area contributed by atoms with Crippen molar-refractivity contribution >= 4 is 23.2 Å². The summed E-state index contributed by atoms with van der Waals surface area (Å²) < 4.78 is 5.20. The van der Waals surface area contributed by atoms with Crippen LogP contribution in [0.5, 0.6) is 5.75 Å². The van der Waals surface area contributed by atoms with Crippen LogP contribution in [0.1, 0.15) is 26.7 Å². The average Bonchev–Trinajstić information content (AvgIpc) is 2.26. The van der Waals surface area contributed by atoms with Crippen LogP contribution in [0.4, 0.5) is 11.4 Å². The van der Waals surface area contributed by atoms with Gasteiger partial charge in [-0.25, -0.2) is 4.90 Å². The summed E-state index contributed by atoms with van der Waals surface area (Å²) in [6.07, 6.45) is 0.660. The van der Waals surface area contributed by atoms with Crippen molar-refractivity contribution in [3.05, 3.63) is 18.2 Å². The molecule has 0 bridgehead atoms. The summed E-state index contributed by atoms with van der Waals surface area (Å²) >= 11 is 0. The topological polar surface area (TPSA) is 72.6 Å². The maximum atomic E-state index is 12.2. The number of nitrogens with zero attached hydrogens (tertiary/aromatic N) is 1. The van der Waals surface area contributed by atoms with Crippen molar-refractivity contribution in [2.24, 2.45) is 5.41 Å². The van der Waals surface area contributed by atoms with E-state index < -0.39 is 0 Å². The molecule has 1 aliphatic heterocycles. The number of nitrogens with two attached hydrogens (primary N) is 1. The van der Waals surface area contributed by atoms with Crippen molar-refractivity contribution in [3.8, 4) is 5.75 Å². The lowest BCUT2D eigenvalue weighted by atomic mass is 9.81. The van der Waals surface area contributed by atoms with E-state index in [9.17, 15) is 9.59 Å². The molecule has 0 unspecified atom stereocenters. The van der Waals surface area contributed by atoms with Gasteiger partial charge in [0.2, 0.25) is 11.8 Å². The number of benzene rings is 1. The summed E-state index contributed by atoms with van der Waals surface area (Å²) in [5.74, 6) is 0.0332. The van der Waals surface area contributed by atoms with Gasteiger partial charge in [0, 0.05) is 18.5 Å². The third-order valence-electron chi connectivity index (χ3n) is 3.20. The SMILES string of the molecule is COc1ccc(N)cc1N1C(=O)CC(C)(C)CC1=O. The number of carbonyl (C=O) groups excluding carboxylic acids is 2. The summed E-state index contributed by atoms with van der Waals surface area (Å²) in [6, 6.07) is 4.92. The molecule has 2 amide bonds. The van der Waals surface area contributed by atoms with Crippen LogP contribution in [0, 0.1) is 5.41 Å². The van der Waals surface area contributed by atoms with Crippen LogP contribution in [0.15, 0.2) is 18.2 Å². The Hall–Kier alpha value is -2.04. The molecule has 1 aliphatic rings. The lowest BCUT2D eigenvalue weighted by molar-refractivity contribution is -0.132. The number of anilines is 2. The fourth-order valence-electron chi connectivity index (χ4n) is 2.33. The molecule has 1 saturated heterocycles. The van der Waals surface area contributed by atoms with Crippen LogP contribution < -0.4 is 15.4 Å². The molecule has 102 valence electrons. The van der Waals surface area contributed by atoms with Gasteiger partial charge in [0.1, 0.15) is 5.75 Å². The molecule has 0 radical (unpaired) electrons. The quantitative estimate of drug-likeness (QED) is 0.653. The van der Waals surface area contributed by atoms with E-state index in [1.165, 1.54) is 12.0 Å². The highest BCUT2D eigenvalue weighted by molar-refractivity contribution is 6.17. The average molecular weight is 262 g/mol. The standard InChI is InChI=1S/C14H18N2O3/c1-14(2)7-12(17)16(13(18)8-14)10-6-9(15)4-5-11(10)19-3/h4-6H,7-8,15H2,1-3H3. The Bertz CT molecular complexity index is 517. The summed E-state index contributed by atoms with van der Waals surface area (Å²) in [4.78, 5) is 25.6. The maximum absolute atomic E-state index is 12.2. The summed E-state index contributed by atoms with van der Waals surface area (Å²) in [6.45, 7) is 3.83. The number of nitrogen functional groups attached to an aromatic ring is 1. The molecule has 1 aromatic rings. The van der Waals surface area contributed by atoms with E-state index in [0.717, 1.165) is 0 Å². The number of hydrogen-bond acceptors (Lipinski definition) is 4. The zero-order chi connectivity index (χ0) is 14.2. The van der Waals surface area contributed by atoms with Crippen LogP contribution in [-0.2, 0) is 9.59 Å². The first-order chi connectivity index (χ1) is 8.84. The zero-order valence-corrected chi connectivity index (χ0v) is 11.4. The second-order valence-corrected chi connectivity index (χ2v) is 5.57. The van der Waals surface area contributed by atoms with E-state index in [4.69, 9.17) is 10.5 Å². The van der Waals surface area contributed by atoms with Crippen molar-refractivity contribution < 1.29 is 14.3 Å². The Kier molecular flexibility index (Phi) is 3.22. The van der Waals surface area contributed by atoms with Crippen LogP contribution in [-0.4, -0.2) is 18.9 Å². The normalized spacial score (nSPS) is 18.6. The summed E-state index contributed by atoms with van der Waals surface area (Å²) in [5.41, 5.74) is 6.35. The van der Waals surface area contributed by atoms with Crippen molar-refractivity contribution in [2.45, 2.75) is 26.7 Å². The number of amides is 2. The molecule has 19 heavy (non-hydrogen) atoms. The Morgan fingerprint density at radius 2 is 1.79 bits per heavy atom. The van der Waals surface area contributed by atoms with Gasteiger partial charge in [-0.15, -0.1) is 0 Å². The summed E-state index contributed by atoms with van der Waals surface area (Å²) in [7, 11) is 1.50. The first-order valence-corrected chi connectivity index (χ1v) is 6.13. The molecule has 0 aromatic heterocycles. The minimum absolute atomic E-state index is 0.217. The van der Waals surface area contributed by atoms with E-state index in [1.54, 1.807) is 18.2 Å². The summed E-state index contributed by atoms with van der Waals surface area (Å²) in [5, 5.41) is 0. The molecule has 0 spiro atoms. The molecule has 5 nitrogen and oxygen atoms in total. The number of hydrogen-bond donors (Lipinski definition) is 1. The lowest BCUT2D eigenvalue weighted by Gasteiger charge is -2.35. The minimum atomic E-state index is -0.293. The van der Waals surface area contributed by atoms with Gasteiger partial charge in [-0.2, -0.15) is 0 Å². The molecule has 2 N–H and O–H groups in total. The molecular weight excluding hydrogens is 244 g/mol. The van der Waals surface area contributed by atoms with Crippen LogP contribution in [0.3, 0.4) is 0 Å².